The number of nitrogens with zero attached hydrogens (tertiary/aromatic N) is 3. The van der Waals surface area contributed by atoms with Crippen LogP contribution in [0.3, 0.4) is 0 Å². The molecule has 0 radical (unpaired) electrons. The third-order valence-corrected chi connectivity index (χ3v) is 6.54. The molecule has 2 amide bonds. The highest BCUT2D eigenvalue weighted by atomic mass is 16.5. The molecule has 4 rings (SSSR count). The summed E-state index contributed by atoms with van der Waals surface area (Å²) in [7, 11) is 7.86. The molecular weight excluding hydrogens is 484 g/mol. The Bertz CT molecular complexity index is 1260. The van der Waals surface area contributed by atoms with Crippen LogP contribution in [0.4, 0.5) is 0 Å². The highest BCUT2D eigenvalue weighted by Crippen LogP contribution is 2.43. The van der Waals surface area contributed by atoms with Crippen molar-refractivity contribution in [1.82, 2.24) is 25.3 Å². The van der Waals surface area contributed by atoms with Gasteiger partial charge >= 0.3 is 0 Å². The van der Waals surface area contributed by atoms with E-state index in [9.17, 15) is 9.59 Å². The Morgan fingerprint density at radius 1 is 1.11 bits per heavy atom. The maximum Gasteiger partial charge on any atom is 0.251 e. The van der Waals surface area contributed by atoms with Crippen LogP contribution in [0, 0.1) is 5.92 Å². The molecule has 1 aliphatic heterocycles. The number of hydrogen-bond donors (Lipinski definition) is 3. The van der Waals surface area contributed by atoms with Crippen molar-refractivity contribution in [1.29, 1.82) is 0 Å². The number of nitrogens with two attached hydrogens (primary N) is 1. The van der Waals surface area contributed by atoms with Gasteiger partial charge in [0.2, 0.25) is 5.91 Å². The van der Waals surface area contributed by atoms with Gasteiger partial charge in [-0.15, -0.1) is 0 Å². The maximum absolute atomic E-state index is 12.6. The number of aromatic amines is 1. The highest BCUT2D eigenvalue weighted by molar-refractivity contribution is 5.94. The average molecular weight is 521 g/mol. The van der Waals surface area contributed by atoms with Gasteiger partial charge in [0.1, 0.15) is 24.2 Å². The number of amides is 2. The Hall–Kier alpha value is -3.89. The van der Waals surface area contributed by atoms with Crippen molar-refractivity contribution >= 4 is 11.8 Å². The second-order valence-electron chi connectivity index (χ2n) is 10.0. The molecule has 0 saturated carbocycles. The highest BCUT2D eigenvalue weighted by Gasteiger charge is 2.37. The first-order valence-corrected chi connectivity index (χ1v) is 12.7. The molecule has 0 bridgehead atoms. The number of likely N-dealkylation sites (N-methyl/N-ethyl adjacent to an activating group) is 2. The lowest BCUT2D eigenvalue weighted by Gasteiger charge is -2.33. The number of ether oxygens (including phenoxy) is 2. The zero-order chi connectivity index (χ0) is 27.2. The molecule has 10 nitrogen and oxygen atoms in total. The number of rotatable bonds is 11. The summed E-state index contributed by atoms with van der Waals surface area (Å²) in [5.74, 6) is -0.0263. The van der Waals surface area contributed by atoms with Crippen molar-refractivity contribution in [2.75, 3.05) is 54.4 Å². The van der Waals surface area contributed by atoms with Crippen LogP contribution >= 0.6 is 0 Å². The monoisotopic (exact) mass is 520 g/mol. The van der Waals surface area contributed by atoms with Crippen LogP contribution in [-0.4, -0.2) is 86.2 Å². The smallest absolute Gasteiger partial charge is 0.251 e. The fourth-order valence-corrected chi connectivity index (χ4v) is 4.40. The average Bonchev–Trinajstić information content (AvgIpc) is 3.42. The third kappa shape index (κ3) is 6.51. The van der Waals surface area contributed by atoms with Crippen molar-refractivity contribution < 1.29 is 19.1 Å². The first kappa shape index (κ1) is 27.2. The van der Waals surface area contributed by atoms with Gasteiger partial charge in [-0.25, -0.2) is 0 Å². The van der Waals surface area contributed by atoms with Crippen LogP contribution in [0.2, 0.25) is 0 Å². The topological polar surface area (TPSA) is 126 Å². The minimum absolute atomic E-state index is 0.168. The molecule has 38 heavy (non-hydrogen) atoms. The van der Waals surface area contributed by atoms with Crippen LogP contribution < -0.4 is 20.5 Å². The van der Waals surface area contributed by atoms with Crippen molar-refractivity contribution in [3.8, 4) is 22.6 Å². The second kappa shape index (κ2) is 12.1. The predicted molar refractivity (Wildman–Crippen MR) is 145 cm³/mol. The van der Waals surface area contributed by atoms with E-state index in [0.717, 1.165) is 35.3 Å². The Labute approximate surface area is 223 Å². The normalized spacial score (nSPS) is 16.7. The number of hydrogen-bond acceptors (Lipinski definition) is 7. The van der Waals surface area contributed by atoms with Gasteiger partial charge in [0.05, 0.1) is 12.1 Å². The minimum atomic E-state index is -0.634. The van der Waals surface area contributed by atoms with Crippen LogP contribution in [0.1, 0.15) is 27.6 Å². The molecule has 0 aliphatic carbocycles. The molecule has 1 aliphatic rings. The number of fused-ring (bicyclic) bond motifs is 1. The van der Waals surface area contributed by atoms with Gasteiger partial charge in [-0.1, -0.05) is 12.1 Å². The summed E-state index contributed by atoms with van der Waals surface area (Å²) in [6.07, 6.45) is 3.28. The molecule has 2 heterocycles. The summed E-state index contributed by atoms with van der Waals surface area (Å²) in [5, 5.41) is 9.79. The summed E-state index contributed by atoms with van der Waals surface area (Å²) in [6, 6.07) is 11.1. The lowest BCUT2D eigenvalue weighted by Crippen LogP contribution is -2.36. The largest absolute Gasteiger partial charge is 0.492 e. The van der Waals surface area contributed by atoms with E-state index in [1.54, 1.807) is 24.4 Å². The Morgan fingerprint density at radius 2 is 1.89 bits per heavy atom. The van der Waals surface area contributed by atoms with Crippen molar-refractivity contribution in [2.24, 2.45) is 11.7 Å². The molecule has 0 fully saturated rings. The minimum Gasteiger partial charge on any atom is -0.492 e. The number of carbonyl (C=O) groups is 2. The Balaban J connectivity index is 1.62. The van der Waals surface area contributed by atoms with E-state index in [0.29, 0.717) is 36.6 Å². The van der Waals surface area contributed by atoms with Crippen LogP contribution in [0.5, 0.6) is 11.5 Å². The fraction of sp³-hybridized carbons (Fsp3) is 0.393. The molecule has 10 heteroatoms. The Kier molecular flexibility index (Phi) is 8.65. The lowest BCUT2D eigenvalue weighted by molar-refractivity contribution is -0.125. The van der Waals surface area contributed by atoms with E-state index < -0.39 is 17.9 Å². The quantitative estimate of drug-likeness (QED) is 0.353. The first-order chi connectivity index (χ1) is 18.2. The lowest BCUT2D eigenvalue weighted by atomic mass is 9.85. The molecule has 2 atom stereocenters. The van der Waals surface area contributed by atoms with Crippen LogP contribution in [-0.2, 0) is 11.2 Å². The standard InChI is InChI=1S/C28H36N6O4/c1-33(2)10-9-30-28(36)19-6-8-24-20(13-19)14-23(27(29)35)26(38-24)22-7-5-18(21-16-31-32-17-21)15-25(22)37-12-11-34(3)4/h5-8,13,15-17,23,26H,9-12,14H2,1-4H3,(H2,29,35)(H,30,36)(H,31,32). The summed E-state index contributed by atoms with van der Waals surface area (Å²) in [4.78, 5) is 29.3. The molecule has 1 aromatic heterocycles. The molecule has 0 saturated heterocycles. The first-order valence-electron chi connectivity index (χ1n) is 12.7. The zero-order valence-electron chi connectivity index (χ0n) is 22.4. The zero-order valence-corrected chi connectivity index (χ0v) is 22.4. The van der Waals surface area contributed by atoms with Gasteiger partial charge in [-0.2, -0.15) is 5.10 Å². The number of carbonyl (C=O) groups excluding carboxylic acids is 2. The number of nitrogens with one attached hydrogen (secondary N) is 2. The number of primary amides is 1. The Morgan fingerprint density at radius 3 is 2.58 bits per heavy atom. The van der Waals surface area contributed by atoms with Gasteiger partial charge in [0.25, 0.3) is 5.91 Å². The summed E-state index contributed by atoms with van der Waals surface area (Å²) in [6.45, 7) is 2.47. The second-order valence-corrected chi connectivity index (χ2v) is 10.0. The number of H-pyrrole nitrogens is 1. The predicted octanol–water partition coefficient (Wildman–Crippen LogP) is 2.09. The molecule has 4 N–H and O–H groups in total. The molecule has 0 spiro atoms. The van der Waals surface area contributed by atoms with E-state index in [1.807, 2.05) is 62.4 Å². The molecule has 202 valence electrons. The van der Waals surface area contributed by atoms with Gasteiger partial charge < -0.3 is 30.3 Å². The van der Waals surface area contributed by atoms with E-state index in [2.05, 4.69) is 15.5 Å². The number of benzene rings is 2. The van der Waals surface area contributed by atoms with E-state index in [1.165, 1.54) is 0 Å². The summed E-state index contributed by atoms with van der Waals surface area (Å²) >= 11 is 0. The summed E-state index contributed by atoms with van der Waals surface area (Å²) < 4.78 is 12.6. The van der Waals surface area contributed by atoms with E-state index >= 15 is 0 Å². The molecule has 2 unspecified atom stereocenters. The number of aromatic nitrogens is 2. The SMILES string of the molecule is CN(C)CCNC(=O)c1ccc2c(c1)CC(C(N)=O)C(c1ccc(-c3cn[nH]c3)cc1OCCN(C)C)O2. The fourth-order valence-electron chi connectivity index (χ4n) is 4.40. The van der Waals surface area contributed by atoms with Gasteiger partial charge in [0, 0.05) is 42.5 Å². The van der Waals surface area contributed by atoms with E-state index in [-0.39, 0.29) is 5.91 Å². The summed E-state index contributed by atoms with van der Waals surface area (Å²) in [5.41, 5.74) is 9.77. The van der Waals surface area contributed by atoms with Gasteiger partial charge in [-0.3, -0.25) is 14.7 Å². The van der Waals surface area contributed by atoms with Crippen molar-refractivity contribution in [3.63, 3.8) is 0 Å². The van der Waals surface area contributed by atoms with Crippen molar-refractivity contribution in [2.45, 2.75) is 12.5 Å². The molecular formula is C28H36N6O4. The van der Waals surface area contributed by atoms with Crippen molar-refractivity contribution in [3.05, 3.63) is 65.5 Å². The molecule has 3 aromatic rings. The third-order valence-electron chi connectivity index (χ3n) is 6.54. The van der Waals surface area contributed by atoms with Crippen LogP contribution in [0.25, 0.3) is 11.1 Å². The van der Waals surface area contributed by atoms with Gasteiger partial charge in [0.15, 0.2) is 0 Å². The maximum atomic E-state index is 12.6. The van der Waals surface area contributed by atoms with Crippen LogP contribution in [0.15, 0.2) is 48.8 Å². The molecule has 2 aromatic carbocycles. The van der Waals surface area contributed by atoms with E-state index in [4.69, 9.17) is 15.2 Å². The van der Waals surface area contributed by atoms with Gasteiger partial charge in [-0.05, 0) is 70.0 Å².